The molecule has 0 atom stereocenters. The summed E-state index contributed by atoms with van der Waals surface area (Å²) in [6.45, 7) is -0.0112. The molecule has 0 saturated heterocycles. The zero-order valence-corrected chi connectivity index (χ0v) is 13.3. The molecule has 2 aromatic rings. The highest BCUT2D eigenvalue weighted by atomic mass is 32.2. The van der Waals surface area contributed by atoms with E-state index in [1.807, 2.05) is 0 Å². The van der Waals surface area contributed by atoms with Crippen molar-refractivity contribution in [3.63, 3.8) is 0 Å². The van der Waals surface area contributed by atoms with Crippen molar-refractivity contribution in [2.45, 2.75) is 11.4 Å². The Balaban J connectivity index is 2.12. The highest BCUT2D eigenvalue weighted by molar-refractivity contribution is 7.89. The van der Waals surface area contributed by atoms with Crippen molar-refractivity contribution in [2.75, 3.05) is 19.0 Å². The summed E-state index contributed by atoms with van der Waals surface area (Å²) in [5.74, 6) is 0.469. The highest BCUT2D eigenvalue weighted by Crippen LogP contribution is 2.16. The Morgan fingerprint density at radius 1 is 1.22 bits per heavy atom. The lowest BCUT2D eigenvalue weighted by Gasteiger charge is -2.11. The van der Waals surface area contributed by atoms with E-state index in [1.54, 1.807) is 25.1 Å². The molecule has 1 heterocycles. The number of hydrogen-bond acceptors (Lipinski definition) is 7. The number of hydrogen-bond donors (Lipinski definition) is 1. The van der Waals surface area contributed by atoms with Gasteiger partial charge in [0.15, 0.2) is 0 Å². The van der Waals surface area contributed by atoms with E-state index in [9.17, 15) is 18.5 Å². The number of benzene rings is 1. The summed E-state index contributed by atoms with van der Waals surface area (Å²) in [6, 6.07) is 6.26. The summed E-state index contributed by atoms with van der Waals surface area (Å²) in [6.07, 6.45) is 1.54. The van der Waals surface area contributed by atoms with Crippen LogP contribution in [-0.2, 0) is 16.6 Å². The molecule has 0 bridgehead atoms. The number of aromatic nitrogens is 2. The zero-order chi connectivity index (χ0) is 17.0. The molecule has 1 aromatic carbocycles. The van der Waals surface area contributed by atoms with Gasteiger partial charge in [-0.25, -0.2) is 23.1 Å². The number of nitro benzene ring substituents is 1. The number of anilines is 1. The Hall–Kier alpha value is -2.59. The molecule has 0 aliphatic rings. The zero-order valence-electron chi connectivity index (χ0n) is 12.5. The first-order valence-electron chi connectivity index (χ1n) is 6.53. The van der Waals surface area contributed by atoms with Crippen molar-refractivity contribution >= 4 is 21.7 Å². The molecule has 0 aliphatic carbocycles. The molecule has 0 fully saturated rings. The molecule has 1 aromatic heterocycles. The first-order valence-corrected chi connectivity index (χ1v) is 8.01. The van der Waals surface area contributed by atoms with Crippen LogP contribution >= 0.6 is 0 Å². The fourth-order valence-corrected chi connectivity index (χ4v) is 2.70. The molecule has 1 N–H and O–H groups in total. The number of rotatable bonds is 6. The third-order valence-corrected chi connectivity index (χ3v) is 4.32. The monoisotopic (exact) mass is 337 g/mol. The third kappa shape index (κ3) is 4.20. The Morgan fingerprint density at radius 3 is 2.43 bits per heavy atom. The van der Waals surface area contributed by atoms with Crippen LogP contribution in [-0.4, -0.2) is 37.4 Å². The van der Waals surface area contributed by atoms with Crippen molar-refractivity contribution in [1.82, 2.24) is 14.7 Å². The summed E-state index contributed by atoms with van der Waals surface area (Å²) in [7, 11) is -0.225. The van der Waals surface area contributed by atoms with Crippen molar-refractivity contribution in [3.8, 4) is 0 Å². The van der Waals surface area contributed by atoms with Crippen molar-refractivity contribution in [2.24, 2.45) is 0 Å². The lowest BCUT2D eigenvalue weighted by atomic mass is 10.3. The van der Waals surface area contributed by atoms with Crippen LogP contribution in [0.1, 0.15) is 5.69 Å². The summed E-state index contributed by atoms with van der Waals surface area (Å²) < 4.78 is 26.7. The number of nitrogens with one attached hydrogen (secondary N) is 1. The largest absolute Gasteiger partial charge is 0.347 e. The fourth-order valence-electron chi connectivity index (χ4n) is 1.70. The van der Waals surface area contributed by atoms with Crippen LogP contribution in [0.2, 0.25) is 0 Å². The maximum absolute atomic E-state index is 12.2. The molecule has 23 heavy (non-hydrogen) atoms. The van der Waals surface area contributed by atoms with Gasteiger partial charge in [-0.15, -0.1) is 0 Å². The van der Waals surface area contributed by atoms with Crippen LogP contribution < -0.4 is 9.62 Å². The molecule has 9 nitrogen and oxygen atoms in total. The van der Waals surface area contributed by atoms with Gasteiger partial charge in [-0.3, -0.25) is 10.1 Å². The lowest BCUT2D eigenvalue weighted by molar-refractivity contribution is -0.384. The molecule has 0 radical (unpaired) electrons. The van der Waals surface area contributed by atoms with E-state index in [0.29, 0.717) is 11.6 Å². The van der Waals surface area contributed by atoms with E-state index in [4.69, 9.17) is 0 Å². The molecule has 0 amide bonds. The van der Waals surface area contributed by atoms with E-state index >= 15 is 0 Å². The Kier molecular flexibility index (Phi) is 4.86. The molecule has 0 spiro atoms. The molecule has 0 unspecified atom stereocenters. The van der Waals surface area contributed by atoms with Gasteiger partial charge in [-0.2, -0.15) is 0 Å². The van der Waals surface area contributed by atoms with Crippen LogP contribution in [0.25, 0.3) is 0 Å². The summed E-state index contributed by atoms with van der Waals surface area (Å²) in [4.78, 5) is 19.9. The minimum atomic E-state index is -3.78. The smallest absolute Gasteiger partial charge is 0.269 e. The van der Waals surface area contributed by atoms with Crippen LogP contribution in [0, 0.1) is 10.1 Å². The maximum atomic E-state index is 12.2. The minimum Gasteiger partial charge on any atom is -0.347 e. The van der Waals surface area contributed by atoms with Crippen LogP contribution in [0.3, 0.4) is 0 Å². The van der Waals surface area contributed by atoms with E-state index in [2.05, 4.69) is 14.7 Å². The average Bonchev–Trinajstić information content (AvgIpc) is 2.53. The van der Waals surface area contributed by atoms with E-state index in [0.717, 1.165) is 12.1 Å². The molecule has 122 valence electrons. The Labute approximate surface area is 133 Å². The van der Waals surface area contributed by atoms with Crippen LogP contribution in [0.15, 0.2) is 41.4 Å². The Bertz CT molecular complexity index is 805. The van der Waals surface area contributed by atoms with Gasteiger partial charge in [-0.05, 0) is 18.2 Å². The average molecular weight is 337 g/mol. The van der Waals surface area contributed by atoms with Gasteiger partial charge in [0.1, 0.15) is 0 Å². The van der Waals surface area contributed by atoms with Gasteiger partial charge in [0.2, 0.25) is 16.0 Å². The van der Waals surface area contributed by atoms with Crippen molar-refractivity contribution < 1.29 is 13.3 Å². The quantitative estimate of drug-likeness (QED) is 0.615. The van der Waals surface area contributed by atoms with Crippen LogP contribution in [0.5, 0.6) is 0 Å². The summed E-state index contributed by atoms with van der Waals surface area (Å²) >= 11 is 0. The topological polar surface area (TPSA) is 118 Å². The number of sulfonamides is 1. The minimum absolute atomic E-state index is 0.0112. The number of nitro groups is 1. The standard InChI is InChI=1S/C13H15N5O4S/c1-17(2)13-14-8-7-10(16-13)9-15-23(21,22)12-5-3-11(4-6-12)18(19)20/h3-8,15H,9H2,1-2H3. The summed E-state index contributed by atoms with van der Waals surface area (Å²) in [5, 5.41) is 10.6. The molecular formula is C13H15N5O4S. The SMILES string of the molecule is CN(C)c1nccc(CNS(=O)(=O)c2ccc([N+](=O)[O-])cc2)n1. The molecule has 0 saturated carbocycles. The van der Waals surface area contributed by atoms with Crippen molar-refractivity contribution in [3.05, 3.63) is 52.3 Å². The predicted octanol–water partition coefficient (Wildman–Crippen LogP) is 0.929. The lowest BCUT2D eigenvalue weighted by Crippen LogP contribution is -2.24. The number of non-ortho nitro benzene ring substituents is 1. The maximum Gasteiger partial charge on any atom is 0.269 e. The molecule has 0 aliphatic heterocycles. The fraction of sp³-hybridized carbons (Fsp3) is 0.231. The van der Waals surface area contributed by atoms with Gasteiger partial charge >= 0.3 is 0 Å². The van der Waals surface area contributed by atoms with E-state index < -0.39 is 14.9 Å². The molecular weight excluding hydrogens is 322 g/mol. The van der Waals surface area contributed by atoms with E-state index in [-0.39, 0.29) is 17.1 Å². The van der Waals surface area contributed by atoms with Gasteiger partial charge in [0.25, 0.3) is 5.69 Å². The van der Waals surface area contributed by atoms with E-state index in [1.165, 1.54) is 18.3 Å². The normalized spacial score (nSPS) is 11.2. The second-order valence-electron chi connectivity index (χ2n) is 4.82. The highest BCUT2D eigenvalue weighted by Gasteiger charge is 2.16. The van der Waals surface area contributed by atoms with Gasteiger partial charge in [0, 0.05) is 32.4 Å². The first kappa shape index (κ1) is 16.8. The second kappa shape index (κ2) is 6.67. The summed E-state index contributed by atoms with van der Waals surface area (Å²) in [5.41, 5.74) is 0.338. The Morgan fingerprint density at radius 2 is 1.87 bits per heavy atom. The second-order valence-corrected chi connectivity index (χ2v) is 6.58. The van der Waals surface area contributed by atoms with Gasteiger partial charge < -0.3 is 4.90 Å². The predicted molar refractivity (Wildman–Crippen MR) is 83.5 cm³/mol. The molecule has 2 rings (SSSR count). The van der Waals surface area contributed by atoms with Crippen LogP contribution in [0.4, 0.5) is 11.6 Å². The molecule has 10 heteroatoms. The van der Waals surface area contributed by atoms with Gasteiger partial charge in [0.05, 0.1) is 22.1 Å². The third-order valence-electron chi connectivity index (χ3n) is 2.90. The van der Waals surface area contributed by atoms with Crippen molar-refractivity contribution in [1.29, 1.82) is 0 Å². The van der Waals surface area contributed by atoms with Gasteiger partial charge in [-0.1, -0.05) is 0 Å². The first-order chi connectivity index (χ1) is 10.8. The number of nitrogens with zero attached hydrogens (tertiary/aromatic N) is 4.